The number of likely N-dealkylation sites (N-methyl/N-ethyl adjacent to an activating group) is 1. The van der Waals surface area contributed by atoms with E-state index in [1.54, 1.807) is 0 Å². The number of aryl methyl sites for hydroxylation is 1. The van der Waals surface area contributed by atoms with Gasteiger partial charge in [0.15, 0.2) is 0 Å². The minimum Gasteiger partial charge on any atom is -0.465 e. The van der Waals surface area contributed by atoms with Gasteiger partial charge in [-0.05, 0) is 39.7 Å². The monoisotopic (exact) mass is 265 g/mol. The van der Waals surface area contributed by atoms with Gasteiger partial charge in [-0.25, -0.2) is 4.98 Å². The number of nitrogens with zero attached hydrogens (tertiary/aromatic N) is 2. The van der Waals surface area contributed by atoms with Crippen LogP contribution in [0.15, 0.2) is 12.4 Å². The first-order chi connectivity index (χ1) is 9.13. The first kappa shape index (κ1) is 14.1. The maximum absolute atomic E-state index is 12.2. The number of carbonyl (C=O) groups is 1. The van der Waals surface area contributed by atoms with Crippen LogP contribution >= 0.6 is 0 Å². The van der Waals surface area contributed by atoms with Crippen molar-refractivity contribution in [3.05, 3.63) is 18.2 Å². The van der Waals surface area contributed by atoms with E-state index in [1.807, 2.05) is 33.2 Å². The summed E-state index contributed by atoms with van der Waals surface area (Å²) in [5.74, 6) is 0.887. The Balaban J connectivity index is 2.16. The Labute approximate surface area is 114 Å². The van der Waals surface area contributed by atoms with Gasteiger partial charge < -0.3 is 14.6 Å². The van der Waals surface area contributed by atoms with E-state index in [1.165, 1.54) is 0 Å². The molecule has 2 atom stereocenters. The number of rotatable bonds is 5. The molecular weight excluding hydrogens is 242 g/mol. The fraction of sp³-hybridized carbons (Fsp3) is 0.714. The summed E-state index contributed by atoms with van der Waals surface area (Å²) < 4.78 is 7.42. The van der Waals surface area contributed by atoms with Gasteiger partial charge in [0.1, 0.15) is 11.4 Å². The quantitative estimate of drug-likeness (QED) is 0.825. The third kappa shape index (κ3) is 2.66. The molecule has 1 saturated carbocycles. The molecule has 1 aromatic rings. The number of esters is 1. The molecule has 0 aromatic carbocycles. The molecular formula is C14H23N3O2. The zero-order valence-corrected chi connectivity index (χ0v) is 12.0. The first-order valence-corrected chi connectivity index (χ1v) is 7.04. The lowest BCUT2D eigenvalue weighted by atomic mass is 9.97. The van der Waals surface area contributed by atoms with Crippen LogP contribution in [0.4, 0.5) is 0 Å². The Morgan fingerprint density at radius 3 is 3.00 bits per heavy atom. The summed E-state index contributed by atoms with van der Waals surface area (Å²) in [6, 6.07) is 0.325. The summed E-state index contributed by atoms with van der Waals surface area (Å²) in [5.41, 5.74) is -0.522. The molecule has 0 bridgehead atoms. The normalized spacial score (nSPS) is 26.6. The molecule has 2 unspecified atom stereocenters. The summed E-state index contributed by atoms with van der Waals surface area (Å²) in [6.07, 6.45) is 6.38. The number of imidazole rings is 1. The van der Waals surface area contributed by atoms with Crippen LogP contribution in [0.2, 0.25) is 0 Å². The summed E-state index contributed by atoms with van der Waals surface area (Å²) in [4.78, 5) is 16.5. The lowest BCUT2D eigenvalue weighted by Crippen LogP contribution is -2.51. The number of hydrogen-bond acceptors (Lipinski definition) is 4. The van der Waals surface area contributed by atoms with E-state index in [0.717, 1.165) is 31.6 Å². The van der Waals surface area contributed by atoms with Crippen LogP contribution in [0, 0.1) is 6.92 Å². The molecule has 1 heterocycles. The van der Waals surface area contributed by atoms with Crippen LogP contribution in [-0.4, -0.2) is 34.2 Å². The molecule has 1 aliphatic rings. The Bertz CT molecular complexity index is 444. The van der Waals surface area contributed by atoms with Gasteiger partial charge in [0.05, 0.1) is 6.61 Å². The predicted molar refractivity (Wildman–Crippen MR) is 72.9 cm³/mol. The molecule has 0 radical (unpaired) electrons. The van der Waals surface area contributed by atoms with Gasteiger partial charge in [-0.1, -0.05) is 6.92 Å². The van der Waals surface area contributed by atoms with Crippen molar-refractivity contribution < 1.29 is 9.53 Å². The Morgan fingerprint density at radius 1 is 1.63 bits per heavy atom. The molecule has 0 spiro atoms. The van der Waals surface area contributed by atoms with Crippen LogP contribution in [0.25, 0.3) is 0 Å². The van der Waals surface area contributed by atoms with E-state index in [2.05, 4.69) is 14.9 Å². The lowest BCUT2D eigenvalue weighted by molar-refractivity contribution is -0.151. The molecule has 5 nitrogen and oxygen atoms in total. The predicted octanol–water partition coefficient (Wildman–Crippen LogP) is 1.83. The van der Waals surface area contributed by atoms with Crippen LogP contribution in [0.3, 0.4) is 0 Å². The van der Waals surface area contributed by atoms with Gasteiger partial charge in [0, 0.05) is 18.4 Å². The number of ether oxygens (including phenoxy) is 1. The Kier molecular flexibility index (Phi) is 4.24. The van der Waals surface area contributed by atoms with Crippen molar-refractivity contribution in [2.45, 2.75) is 51.6 Å². The Morgan fingerprint density at radius 2 is 2.42 bits per heavy atom. The summed E-state index contributed by atoms with van der Waals surface area (Å²) in [7, 11) is 0. The highest BCUT2D eigenvalue weighted by molar-refractivity contribution is 5.81. The van der Waals surface area contributed by atoms with Crippen molar-refractivity contribution in [2.24, 2.45) is 0 Å². The SMILES string of the molecule is CCNC1(C(=O)OCC)CCC(n2ccnc2C)C1. The second-order valence-corrected chi connectivity index (χ2v) is 5.11. The van der Waals surface area contributed by atoms with Crippen LogP contribution in [0.5, 0.6) is 0 Å². The smallest absolute Gasteiger partial charge is 0.326 e. The molecule has 2 rings (SSSR count). The fourth-order valence-electron chi connectivity index (χ4n) is 3.06. The summed E-state index contributed by atoms with van der Waals surface area (Å²) in [5, 5.41) is 3.35. The van der Waals surface area contributed by atoms with Gasteiger partial charge in [-0.15, -0.1) is 0 Å². The van der Waals surface area contributed by atoms with Crippen LogP contribution < -0.4 is 5.32 Å². The maximum atomic E-state index is 12.2. The van der Waals surface area contributed by atoms with Crippen LogP contribution in [-0.2, 0) is 9.53 Å². The number of carbonyl (C=O) groups excluding carboxylic acids is 1. The van der Waals surface area contributed by atoms with E-state index in [0.29, 0.717) is 12.6 Å². The Hall–Kier alpha value is -1.36. The van der Waals surface area contributed by atoms with Gasteiger partial charge >= 0.3 is 5.97 Å². The zero-order valence-electron chi connectivity index (χ0n) is 12.0. The minimum absolute atomic E-state index is 0.114. The molecule has 106 valence electrons. The average molecular weight is 265 g/mol. The molecule has 1 N–H and O–H groups in total. The van der Waals surface area contributed by atoms with E-state index >= 15 is 0 Å². The third-order valence-electron chi connectivity index (χ3n) is 3.93. The highest BCUT2D eigenvalue weighted by atomic mass is 16.5. The van der Waals surface area contributed by atoms with Crippen molar-refractivity contribution in [2.75, 3.05) is 13.2 Å². The molecule has 0 aliphatic heterocycles. The van der Waals surface area contributed by atoms with Crippen molar-refractivity contribution >= 4 is 5.97 Å². The summed E-state index contributed by atoms with van der Waals surface area (Å²) in [6.45, 7) is 7.08. The number of hydrogen-bond donors (Lipinski definition) is 1. The molecule has 1 aromatic heterocycles. The van der Waals surface area contributed by atoms with E-state index in [4.69, 9.17) is 4.74 Å². The van der Waals surface area contributed by atoms with Gasteiger partial charge in [-0.3, -0.25) is 4.79 Å². The molecule has 19 heavy (non-hydrogen) atoms. The topological polar surface area (TPSA) is 56.1 Å². The average Bonchev–Trinajstić information content (AvgIpc) is 2.97. The van der Waals surface area contributed by atoms with E-state index in [9.17, 15) is 4.79 Å². The number of aromatic nitrogens is 2. The second-order valence-electron chi connectivity index (χ2n) is 5.11. The summed E-state index contributed by atoms with van der Waals surface area (Å²) >= 11 is 0. The highest BCUT2D eigenvalue weighted by Gasteiger charge is 2.46. The standard InChI is InChI=1S/C14H23N3O2/c1-4-16-14(13(18)19-5-2)7-6-12(10-14)17-9-8-15-11(17)3/h8-9,12,16H,4-7,10H2,1-3H3. The van der Waals surface area contributed by atoms with Crippen LogP contribution in [0.1, 0.15) is 45.0 Å². The van der Waals surface area contributed by atoms with Gasteiger partial charge in [0.25, 0.3) is 0 Å². The largest absolute Gasteiger partial charge is 0.465 e. The second kappa shape index (κ2) is 5.74. The van der Waals surface area contributed by atoms with Crippen molar-refractivity contribution in [1.82, 2.24) is 14.9 Å². The number of nitrogens with one attached hydrogen (secondary N) is 1. The van der Waals surface area contributed by atoms with Crippen molar-refractivity contribution in [3.8, 4) is 0 Å². The lowest BCUT2D eigenvalue weighted by Gasteiger charge is -2.28. The minimum atomic E-state index is -0.522. The third-order valence-corrected chi connectivity index (χ3v) is 3.93. The molecule has 0 saturated heterocycles. The van der Waals surface area contributed by atoms with E-state index < -0.39 is 5.54 Å². The molecule has 0 amide bonds. The molecule has 1 fully saturated rings. The van der Waals surface area contributed by atoms with Gasteiger partial charge in [-0.2, -0.15) is 0 Å². The van der Waals surface area contributed by atoms with Gasteiger partial charge in [0.2, 0.25) is 0 Å². The van der Waals surface area contributed by atoms with Crippen molar-refractivity contribution in [1.29, 1.82) is 0 Å². The fourth-order valence-corrected chi connectivity index (χ4v) is 3.06. The highest BCUT2D eigenvalue weighted by Crippen LogP contribution is 2.39. The van der Waals surface area contributed by atoms with Crippen molar-refractivity contribution in [3.63, 3.8) is 0 Å². The zero-order chi connectivity index (χ0) is 13.9. The molecule has 1 aliphatic carbocycles. The molecule has 5 heteroatoms. The van der Waals surface area contributed by atoms with E-state index in [-0.39, 0.29) is 5.97 Å². The maximum Gasteiger partial charge on any atom is 0.326 e. The first-order valence-electron chi connectivity index (χ1n) is 7.04.